The monoisotopic (exact) mass is 814 g/mol. The number of aromatic nitrogens is 4. The van der Waals surface area contributed by atoms with Gasteiger partial charge in [-0.3, -0.25) is 19.0 Å². The van der Waals surface area contributed by atoms with E-state index < -0.39 is 66.4 Å². The Bertz CT molecular complexity index is 2460. The largest absolute Gasteiger partial charge is 0.486 e. The molecule has 0 unspecified atom stereocenters. The molecule has 0 aliphatic heterocycles. The highest BCUT2D eigenvalue weighted by Gasteiger charge is 2.58. The summed E-state index contributed by atoms with van der Waals surface area (Å²) in [5.74, 6) is -9.10. The van der Waals surface area contributed by atoms with Crippen molar-refractivity contribution in [1.82, 2.24) is 19.6 Å². The van der Waals surface area contributed by atoms with Crippen molar-refractivity contribution in [2.75, 3.05) is 24.7 Å². The van der Waals surface area contributed by atoms with Crippen LogP contribution in [0.1, 0.15) is 0 Å². The summed E-state index contributed by atoms with van der Waals surface area (Å²) in [6.45, 7) is -4.20. The molecule has 22 heteroatoms. The molecule has 0 radical (unpaired) electrons. The molecule has 0 aliphatic rings. The van der Waals surface area contributed by atoms with Crippen molar-refractivity contribution in [2.45, 2.75) is 31.4 Å². The van der Waals surface area contributed by atoms with Crippen LogP contribution in [0.5, 0.6) is 11.5 Å². The van der Waals surface area contributed by atoms with Gasteiger partial charge in [-0.2, -0.15) is 45.3 Å². The number of primary amides is 2. The number of ether oxygens (including phenoxy) is 2. The minimum absolute atomic E-state index is 0.0432. The first-order valence-electron chi connectivity index (χ1n) is 16.0. The zero-order valence-electron chi connectivity index (χ0n) is 28.8. The molecule has 2 aromatic heterocycles. The predicted octanol–water partition coefficient (Wildman–Crippen LogP) is 6.34. The van der Waals surface area contributed by atoms with Crippen LogP contribution in [-0.2, 0) is 22.7 Å². The van der Waals surface area contributed by atoms with E-state index in [2.05, 4.69) is 19.7 Å². The van der Waals surface area contributed by atoms with Crippen LogP contribution in [0.15, 0.2) is 72.8 Å². The van der Waals surface area contributed by atoms with Crippen molar-refractivity contribution in [2.24, 2.45) is 11.5 Å². The Kier molecular flexibility index (Phi) is 11.5. The molecular weight excluding hydrogens is 786 g/mol. The second kappa shape index (κ2) is 15.8. The maximum atomic E-state index is 14.1. The first-order valence-corrected chi connectivity index (χ1v) is 16.0. The lowest BCUT2D eigenvalue weighted by Crippen LogP contribution is -2.41. The summed E-state index contributed by atoms with van der Waals surface area (Å²) < 4.78 is 141. The number of halogens is 10. The number of benzene rings is 4. The first-order chi connectivity index (χ1) is 26.5. The summed E-state index contributed by atoms with van der Waals surface area (Å²) in [6.07, 6.45) is -10.4. The quantitative estimate of drug-likeness (QED) is 0.109. The fourth-order valence-corrected chi connectivity index (χ4v) is 5.41. The number of anilines is 2. The van der Waals surface area contributed by atoms with Gasteiger partial charge in [0.1, 0.15) is 24.7 Å². The minimum Gasteiger partial charge on any atom is -0.486 e. The molecule has 0 aliphatic carbocycles. The number of carbonyl (C=O) groups excluding carboxylic acids is 2. The van der Waals surface area contributed by atoms with Gasteiger partial charge in [-0.05, 0) is 53.6 Å². The summed E-state index contributed by atoms with van der Waals surface area (Å²) in [6, 6.07) is 15.7. The fraction of sp³-hybridized carbons (Fsp3) is 0.200. The smallest absolute Gasteiger partial charge is 0.456 e. The van der Waals surface area contributed by atoms with Crippen LogP contribution in [0.4, 0.5) is 55.5 Å². The zero-order chi connectivity index (χ0) is 42.0. The molecule has 0 saturated heterocycles. The molecule has 6 rings (SSSR count). The number of hydrogen-bond donors (Lipinski definition) is 4. The van der Waals surface area contributed by atoms with E-state index in [-0.39, 0.29) is 41.4 Å². The third-order valence-corrected chi connectivity index (χ3v) is 7.91. The second-order valence-electron chi connectivity index (χ2n) is 12.1. The Balaban J connectivity index is 0.000000219. The molecule has 2 amide bonds. The zero-order valence-corrected chi connectivity index (χ0v) is 28.8. The van der Waals surface area contributed by atoms with Gasteiger partial charge in [0.25, 0.3) is 0 Å². The Morgan fingerprint density at radius 1 is 0.649 bits per heavy atom. The Morgan fingerprint density at radius 2 is 1.18 bits per heavy atom. The molecular formula is C35H28F10N8O4. The Hall–Kier alpha value is -6.74. The van der Waals surface area contributed by atoms with Gasteiger partial charge in [-0.15, -0.1) is 0 Å². The van der Waals surface area contributed by atoms with Gasteiger partial charge in [-0.25, -0.2) is 8.78 Å². The standard InChI is InChI=1S/C18H14F6N4O2.C17H14F4N4O2/c19-10-2-4-11(14(6-10)30-8-17(20,21)18(22,23)24)9-1-3-12-13(5-9)28(7-15(25)29)27-16(12)26;18-12-3-1-2-10(15(12)27-8-17(19,20)21)9-4-5-11-13(6-9)25(7-14(22)26)24-16(11)23/h1-6H,7-8H2,(H2,25,29)(H2,26,27);1-6H,7-8H2,(H2,22,26)(H2,23,24). The summed E-state index contributed by atoms with van der Waals surface area (Å²) in [5, 5.41) is 8.96. The third-order valence-electron chi connectivity index (χ3n) is 7.91. The van der Waals surface area contributed by atoms with Crippen LogP contribution < -0.4 is 32.4 Å². The lowest BCUT2D eigenvalue weighted by atomic mass is 10.0. The fourth-order valence-electron chi connectivity index (χ4n) is 5.41. The van der Waals surface area contributed by atoms with Crippen LogP contribution in [0, 0.1) is 11.6 Å². The summed E-state index contributed by atoms with van der Waals surface area (Å²) >= 11 is 0. The molecule has 0 fully saturated rings. The highest BCUT2D eigenvalue weighted by atomic mass is 19.4. The lowest BCUT2D eigenvalue weighted by molar-refractivity contribution is -0.289. The topological polar surface area (TPSA) is 192 Å². The number of nitrogen functional groups attached to an aromatic ring is 2. The number of nitrogens with two attached hydrogens (primary N) is 4. The maximum absolute atomic E-state index is 14.1. The van der Waals surface area contributed by atoms with Crippen molar-refractivity contribution in [3.05, 3.63) is 84.4 Å². The number of carbonyl (C=O) groups is 2. The van der Waals surface area contributed by atoms with Gasteiger partial charge in [0, 0.05) is 28.0 Å². The maximum Gasteiger partial charge on any atom is 0.456 e. The van der Waals surface area contributed by atoms with Crippen LogP contribution in [0.25, 0.3) is 44.1 Å². The number of alkyl halides is 8. The van der Waals surface area contributed by atoms with E-state index in [4.69, 9.17) is 22.9 Å². The van der Waals surface area contributed by atoms with E-state index >= 15 is 0 Å². The molecule has 0 atom stereocenters. The summed E-state index contributed by atoms with van der Waals surface area (Å²) in [7, 11) is 0. The van der Waals surface area contributed by atoms with Crippen LogP contribution in [0.3, 0.4) is 0 Å². The Morgan fingerprint density at radius 3 is 1.67 bits per heavy atom. The number of para-hydroxylation sites is 1. The van der Waals surface area contributed by atoms with Crippen LogP contribution in [-0.4, -0.2) is 62.9 Å². The molecule has 0 spiro atoms. The molecule has 12 nitrogen and oxygen atoms in total. The number of nitrogens with zero attached hydrogens (tertiary/aromatic N) is 4. The Labute approximate surface area is 313 Å². The average Bonchev–Trinajstić information content (AvgIpc) is 3.58. The molecule has 0 saturated carbocycles. The van der Waals surface area contributed by atoms with E-state index in [0.717, 1.165) is 18.2 Å². The highest BCUT2D eigenvalue weighted by Crippen LogP contribution is 2.39. The number of rotatable bonds is 11. The normalized spacial score (nSPS) is 12.0. The van der Waals surface area contributed by atoms with Gasteiger partial charge in [0.15, 0.2) is 36.4 Å². The van der Waals surface area contributed by atoms with Crippen LogP contribution in [0.2, 0.25) is 0 Å². The second-order valence-corrected chi connectivity index (χ2v) is 12.1. The average molecular weight is 815 g/mol. The van der Waals surface area contributed by atoms with Crippen molar-refractivity contribution >= 4 is 45.3 Å². The summed E-state index contributed by atoms with van der Waals surface area (Å²) in [4.78, 5) is 22.4. The summed E-state index contributed by atoms with van der Waals surface area (Å²) in [5.41, 5.74) is 23.5. The van der Waals surface area contributed by atoms with Gasteiger partial charge >= 0.3 is 18.3 Å². The van der Waals surface area contributed by atoms with E-state index in [0.29, 0.717) is 33.4 Å². The number of fused-ring (bicyclic) bond motifs is 2. The van der Waals surface area contributed by atoms with E-state index in [1.165, 1.54) is 45.8 Å². The predicted molar refractivity (Wildman–Crippen MR) is 186 cm³/mol. The molecule has 57 heavy (non-hydrogen) atoms. The molecule has 8 N–H and O–H groups in total. The molecule has 302 valence electrons. The molecule has 4 aromatic carbocycles. The first kappa shape index (κ1) is 41.4. The van der Waals surface area contributed by atoms with Gasteiger partial charge < -0.3 is 32.4 Å². The van der Waals surface area contributed by atoms with Gasteiger partial charge in [0.05, 0.1) is 11.0 Å². The van der Waals surface area contributed by atoms with Crippen molar-refractivity contribution in [3.8, 4) is 33.8 Å². The SMILES string of the molecule is NC(=O)Cn1nc(N)c2ccc(-c3ccc(F)cc3OCC(F)(F)C(F)(F)F)cc21.NC(=O)Cn1nc(N)c2ccc(-c3cccc(F)c3OCC(F)(F)F)cc21. The van der Waals surface area contributed by atoms with E-state index in [1.807, 2.05) is 0 Å². The van der Waals surface area contributed by atoms with E-state index in [9.17, 15) is 53.5 Å². The third kappa shape index (κ3) is 9.56. The van der Waals surface area contributed by atoms with Crippen molar-refractivity contribution in [3.63, 3.8) is 0 Å². The number of hydrogen-bond acceptors (Lipinski definition) is 8. The van der Waals surface area contributed by atoms with Gasteiger partial charge in [0.2, 0.25) is 11.8 Å². The van der Waals surface area contributed by atoms with Crippen LogP contribution >= 0.6 is 0 Å². The molecule has 2 heterocycles. The molecule has 0 bridgehead atoms. The lowest BCUT2D eigenvalue weighted by Gasteiger charge is -2.21. The minimum atomic E-state index is -5.82. The highest BCUT2D eigenvalue weighted by molar-refractivity contribution is 5.95. The van der Waals surface area contributed by atoms with E-state index in [1.54, 1.807) is 12.1 Å². The van der Waals surface area contributed by atoms with Crippen molar-refractivity contribution < 1.29 is 63.0 Å². The molecule has 6 aromatic rings. The van der Waals surface area contributed by atoms with Gasteiger partial charge in [-0.1, -0.05) is 24.3 Å². The number of amides is 2. The van der Waals surface area contributed by atoms with Crippen molar-refractivity contribution in [1.29, 1.82) is 0 Å².